The molecule has 3 rings (SSSR count). The van der Waals surface area contributed by atoms with Gasteiger partial charge in [0.2, 0.25) is 5.82 Å². The molecule has 1 heterocycles. The first-order valence-corrected chi connectivity index (χ1v) is 11.4. The number of hydrogen-bond donors (Lipinski definition) is 2. The highest BCUT2D eigenvalue weighted by atomic mass is 32.2. The van der Waals surface area contributed by atoms with E-state index in [1.54, 1.807) is 11.8 Å². The monoisotopic (exact) mass is 440 g/mol. The van der Waals surface area contributed by atoms with Crippen LogP contribution in [0.2, 0.25) is 0 Å². The van der Waals surface area contributed by atoms with E-state index in [0.717, 1.165) is 41.6 Å². The number of H-pyrrole nitrogens is 1. The molecule has 3 aromatic rings. The third-order valence-corrected chi connectivity index (χ3v) is 6.15. The van der Waals surface area contributed by atoms with Crippen LogP contribution >= 0.6 is 11.8 Å². The minimum absolute atomic E-state index is 0.210. The summed E-state index contributed by atoms with van der Waals surface area (Å²) in [6, 6.07) is 11.9. The summed E-state index contributed by atoms with van der Waals surface area (Å²) in [5, 5.41) is 24.4. The lowest BCUT2D eigenvalue weighted by atomic mass is 9.96. The van der Waals surface area contributed by atoms with Gasteiger partial charge >= 0.3 is 0 Å². The van der Waals surface area contributed by atoms with Gasteiger partial charge < -0.3 is 14.6 Å². The van der Waals surface area contributed by atoms with Gasteiger partial charge in [0.1, 0.15) is 17.8 Å². The van der Waals surface area contributed by atoms with Crippen molar-refractivity contribution in [3.05, 3.63) is 47.5 Å². The maximum Gasteiger partial charge on any atom is 0.204 e. The Kier molecular flexibility index (Phi) is 8.46. The van der Waals surface area contributed by atoms with E-state index in [1.807, 2.05) is 38.1 Å². The highest BCUT2D eigenvalue weighted by Gasteiger charge is 2.13. The Bertz CT molecular complexity index is 962. The number of carbonyl (C=O) groups is 1. The Morgan fingerprint density at radius 3 is 2.71 bits per heavy atom. The van der Waals surface area contributed by atoms with Crippen molar-refractivity contribution >= 4 is 18.0 Å². The number of phenols is 1. The van der Waals surface area contributed by atoms with Gasteiger partial charge in [-0.1, -0.05) is 13.0 Å². The number of nitrogens with one attached hydrogen (secondary N) is 1. The summed E-state index contributed by atoms with van der Waals surface area (Å²) in [7, 11) is 0. The molecule has 0 aliphatic rings. The zero-order valence-corrected chi connectivity index (χ0v) is 18.7. The number of rotatable bonds is 12. The number of benzene rings is 2. The second kappa shape index (κ2) is 11.5. The summed E-state index contributed by atoms with van der Waals surface area (Å²) in [5.41, 5.74) is 2.56. The predicted molar refractivity (Wildman–Crippen MR) is 121 cm³/mol. The van der Waals surface area contributed by atoms with E-state index in [1.165, 1.54) is 4.90 Å². The molecule has 31 heavy (non-hydrogen) atoms. The van der Waals surface area contributed by atoms with Crippen LogP contribution in [0.15, 0.2) is 41.3 Å². The summed E-state index contributed by atoms with van der Waals surface area (Å²) >= 11 is 1.81. The van der Waals surface area contributed by atoms with E-state index in [2.05, 4.69) is 32.8 Å². The van der Waals surface area contributed by atoms with Crippen LogP contribution in [0.1, 0.15) is 37.3 Å². The molecule has 0 aliphatic carbocycles. The Morgan fingerprint density at radius 2 is 2.00 bits per heavy atom. The molecule has 2 N–H and O–H groups in total. The third-order valence-electron chi connectivity index (χ3n) is 5.05. The topological polar surface area (TPSA) is 101 Å². The lowest BCUT2D eigenvalue weighted by Crippen LogP contribution is -2.03. The van der Waals surface area contributed by atoms with Gasteiger partial charge in [-0.15, -0.1) is 22.0 Å². The van der Waals surface area contributed by atoms with Crippen LogP contribution in [0.4, 0.5) is 0 Å². The highest BCUT2D eigenvalue weighted by molar-refractivity contribution is 7.99. The van der Waals surface area contributed by atoms with Crippen LogP contribution in [0.25, 0.3) is 11.4 Å². The molecule has 1 unspecified atom stereocenters. The number of aldehydes is 1. The molecule has 1 atom stereocenters. The van der Waals surface area contributed by atoms with Crippen molar-refractivity contribution in [2.45, 2.75) is 44.4 Å². The van der Waals surface area contributed by atoms with Crippen LogP contribution in [0, 0.1) is 12.8 Å². The summed E-state index contributed by atoms with van der Waals surface area (Å²) in [6.45, 7) is 4.49. The number of aromatic amines is 1. The average Bonchev–Trinajstić information content (AvgIpc) is 3.31. The van der Waals surface area contributed by atoms with E-state index in [9.17, 15) is 9.90 Å². The van der Waals surface area contributed by atoms with Crippen molar-refractivity contribution in [2.24, 2.45) is 5.92 Å². The standard InChI is InChI=1S/C23H28N4O3S/c1-16(11-12-28)15-19-7-10-21(17(2)22(19)29)30-13-3-4-14-31-20-8-5-18(6-9-20)23-24-26-27-25-23/h5-10,12,16,29H,3-4,11,13-15H2,1-2H3,(H,24,25,26,27). The number of carbonyl (C=O) groups excluding carboxylic acids is 1. The number of ether oxygens (including phenoxy) is 1. The van der Waals surface area contributed by atoms with Gasteiger partial charge in [0.05, 0.1) is 6.61 Å². The molecular weight excluding hydrogens is 412 g/mol. The van der Waals surface area contributed by atoms with Gasteiger partial charge in [-0.25, -0.2) is 0 Å². The number of thioether (sulfide) groups is 1. The Labute approximate surface area is 186 Å². The minimum Gasteiger partial charge on any atom is -0.507 e. The van der Waals surface area contributed by atoms with Crippen molar-refractivity contribution in [3.8, 4) is 22.9 Å². The first-order chi connectivity index (χ1) is 15.1. The Morgan fingerprint density at radius 1 is 1.19 bits per heavy atom. The van der Waals surface area contributed by atoms with Crippen LogP contribution in [0.3, 0.4) is 0 Å². The van der Waals surface area contributed by atoms with Gasteiger partial charge in [-0.3, -0.25) is 0 Å². The van der Waals surface area contributed by atoms with Crippen molar-refractivity contribution in [1.29, 1.82) is 0 Å². The van der Waals surface area contributed by atoms with E-state index in [0.29, 0.717) is 31.0 Å². The van der Waals surface area contributed by atoms with Crippen LogP contribution in [-0.2, 0) is 11.2 Å². The molecule has 0 spiro atoms. The molecule has 0 fully saturated rings. The fourth-order valence-corrected chi connectivity index (χ4v) is 4.16. The summed E-state index contributed by atoms with van der Waals surface area (Å²) in [5.74, 6) is 2.80. The Hall–Kier alpha value is -2.87. The molecule has 0 radical (unpaired) electrons. The zero-order chi connectivity index (χ0) is 22.1. The van der Waals surface area contributed by atoms with Crippen LogP contribution < -0.4 is 4.74 Å². The number of aromatic nitrogens is 4. The fraction of sp³-hybridized carbons (Fsp3) is 0.391. The second-order valence-electron chi connectivity index (χ2n) is 7.57. The normalized spacial score (nSPS) is 11.9. The molecule has 8 heteroatoms. The van der Waals surface area contributed by atoms with E-state index >= 15 is 0 Å². The zero-order valence-electron chi connectivity index (χ0n) is 17.9. The number of hydrogen-bond acceptors (Lipinski definition) is 7. The van der Waals surface area contributed by atoms with Crippen LogP contribution in [0.5, 0.6) is 11.5 Å². The number of unbranched alkanes of at least 4 members (excludes halogenated alkanes) is 1. The van der Waals surface area contributed by atoms with Gasteiger partial charge in [0.25, 0.3) is 0 Å². The van der Waals surface area contributed by atoms with E-state index in [-0.39, 0.29) is 11.7 Å². The number of phenolic OH excluding ortho intramolecular Hbond substituents is 1. The molecule has 164 valence electrons. The highest BCUT2D eigenvalue weighted by Crippen LogP contribution is 2.32. The molecule has 1 aromatic heterocycles. The van der Waals surface area contributed by atoms with E-state index < -0.39 is 0 Å². The first kappa shape index (κ1) is 22.8. The second-order valence-corrected chi connectivity index (χ2v) is 8.74. The minimum atomic E-state index is 0.210. The summed E-state index contributed by atoms with van der Waals surface area (Å²) in [6.07, 6.45) is 4.07. The molecule has 2 aromatic carbocycles. The molecule has 0 aliphatic heterocycles. The predicted octanol–water partition coefficient (Wildman–Crippen LogP) is 4.60. The number of nitrogens with zero attached hydrogens (tertiary/aromatic N) is 3. The first-order valence-electron chi connectivity index (χ1n) is 10.4. The lowest BCUT2D eigenvalue weighted by Gasteiger charge is -2.15. The van der Waals surface area contributed by atoms with Gasteiger partial charge in [-0.2, -0.15) is 5.21 Å². The maximum atomic E-state index is 10.7. The summed E-state index contributed by atoms with van der Waals surface area (Å²) < 4.78 is 5.89. The number of aromatic hydroxyl groups is 1. The van der Waals surface area contributed by atoms with Crippen molar-refractivity contribution in [2.75, 3.05) is 12.4 Å². The number of tetrazole rings is 1. The lowest BCUT2D eigenvalue weighted by molar-refractivity contribution is -0.108. The Balaban J connectivity index is 1.38. The molecular formula is C23H28N4O3S. The molecule has 0 saturated carbocycles. The molecule has 0 saturated heterocycles. The van der Waals surface area contributed by atoms with Gasteiger partial charge in [0, 0.05) is 22.4 Å². The quantitative estimate of drug-likeness (QED) is 0.241. The SMILES string of the molecule is Cc1c(OCCCCSc2ccc(-c3nn[nH]n3)cc2)ccc(CC(C)CC=O)c1O. The maximum absolute atomic E-state index is 10.7. The van der Waals surface area contributed by atoms with Crippen molar-refractivity contribution in [3.63, 3.8) is 0 Å². The fourth-order valence-electron chi connectivity index (χ4n) is 3.24. The smallest absolute Gasteiger partial charge is 0.204 e. The largest absolute Gasteiger partial charge is 0.507 e. The van der Waals surface area contributed by atoms with Crippen molar-refractivity contribution < 1.29 is 14.6 Å². The third kappa shape index (κ3) is 6.55. The average molecular weight is 441 g/mol. The van der Waals surface area contributed by atoms with Gasteiger partial charge in [0.15, 0.2) is 0 Å². The molecule has 0 amide bonds. The van der Waals surface area contributed by atoms with Crippen LogP contribution in [-0.4, -0.2) is 44.4 Å². The summed E-state index contributed by atoms with van der Waals surface area (Å²) in [4.78, 5) is 11.9. The van der Waals surface area contributed by atoms with Gasteiger partial charge in [-0.05, 0) is 79.0 Å². The van der Waals surface area contributed by atoms with Crippen molar-refractivity contribution in [1.82, 2.24) is 20.6 Å². The molecule has 7 nitrogen and oxygen atoms in total. The van der Waals surface area contributed by atoms with E-state index in [4.69, 9.17) is 4.74 Å². The molecule has 0 bridgehead atoms.